The molecule has 7 nitrogen and oxygen atoms in total. The average Bonchev–Trinajstić information content (AvgIpc) is 3.40. The predicted molar refractivity (Wildman–Crippen MR) is 108 cm³/mol. The Morgan fingerprint density at radius 1 is 1.24 bits per heavy atom. The highest BCUT2D eigenvalue weighted by molar-refractivity contribution is 7.17. The first-order valence-corrected chi connectivity index (χ1v) is 10.2. The van der Waals surface area contributed by atoms with Crippen LogP contribution in [0, 0.1) is 5.82 Å². The van der Waals surface area contributed by atoms with E-state index in [0.717, 1.165) is 17.4 Å². The largest absolute Gasteiger partial charge is 0.376 e. The van der Waals surface area contributed by atoms with Gasteiger partial charge in [0.1, 0.15) is 17.1 Å². The molecule has 4 rings (SSSR count). The number of aromatic nitrogens is 2. The maximum atomic E-state index is 14.1. The van der Waals surface area contributed by atoms with Crippen LogP contribution in [-0.2, 0) is 22.6 Å². The Morgan fingerprint density at radius 2 is 2.07 bits per heavy atom. The summed E-state index contributed by atoms with van der Waals surface area (Å²) in [6.07, 6.45) is 1.85. The van der Waals surface area contributed by atoms with E-state index in [0.29, 0.717) is 23.4 Å². The summed E-state index contributed by atoms with van der Waals surface area (Å²) in [5, 5.41) is 4.48. The van der Waals surface area contributed by atoms with E-state index < -0.39 is 17.1 Å². The molecule has 0 spiro atoms. The molecule has 1 fully saturated rings. The van der Waals surface area contributed by atoms with Crippen molar-refractivity contribution in [1.29, 1.82) is 0 Å². The topological polar surface area (TPSA) is 82.3 Å². The highest BCUT2D eigenvalue weighted by Gasteiger charge is 2.19. The van der Waals surface area contributed by atoms with E-state index in [-0.39, 0.29) is 30.7 Å². The third-order valence-electron chi connectivity index (χ3n) is 4.98. The van der Waals surface area contributed by atoms with Crippen LogP contribution in [0.25, 0.3) is 10.2 Å². The second kappa shape index (κ2) is 8.30. The van der Waals surface area contributed by atoms with Gasteiger partial charge in [-0.1, -0.05) is 18.2 Å². The van der Waals surface area contributed by atoms with Crippen molar-refractivity contribution in [2.45, 2.75) is 32.0 Å². The first-order valence-electron chi connectivity index (χ1n) is 9.37. The molecule has 0 bridgehead atoms. The Morgan fingerprint density at radius 3 is 2.83 bits per heavy atom. The van der Waals surface area contributed by atoms with Crippen molar-refractivity contribution in [2.24, 2.45) is 0 Å². The minimum atomic E-state index is -0.642. The zero-order chi connectivity index (χ0) is 20.4. The summed E-state index contributed by atoms with van der Waals surface area (Å²) in [6.45, 7) is 0.651. The van der Waals surface area contributed by atoms with Crippen LogP contribution in [0.3, 0.4) is 0 Å². The molecule has 0 radical (unpaired) electrons. The monoisotopic (exact) mass is 417 g/mol. The highest BCUT2D eigenvalue weighted by atomic mass is 32.1. The number of hydrogen-bond donors (Lipinski definition) is 1. The second-order valence-electron chi connectivity index (χ2n) is 6.93. The molecule has 29 heavy (non-hydrogen) atoms. The third kappa shape index (κ3) is 4.01. The van der Waals surface area contributed by atoms with Crippen LogP contribution >= 0.6 is 11.3 Å². The molecular formula is C20H20FN3O4S. The van der Waals surface area contributed by atoms with Gasteiger partial charge in [-0.05, 0) is 30.4 Å². The summed E-state index contributed by atoms with van der Waals surface area (Å²) in [6, 6.07) is 7.63. The highest BCUT2D eigenvalue weighted by Crippen LogP contribution is 2.16. The number of nitrogens with one attached hydrogen (secondary N) is 1. The summed E-state index contributed by atoms with van der Waals surface area (Å²) in [7, 11) is 0. The molecule has 3 aromatic rings. The summed E-state index contributed by atoms with van der Waals surface area (Å²) >= 11 is 1.19. The Balaban J connectivity index is 1.65. The molecule has 1 aliphatic rings. The van der Waals surface area contributed by atoms with E-state index in [1.807, 2.05) is 0 Å². The van der Waals surface area contributed by atoms with E-state index in [1.165, 1.54) is 28.0 Å². The molecular weight excluding hydrogens is 397 g/mol. The zero-order valence-corrected chi connectivity index (χ0v) is 16.4. The van der Waals surface area contributed by atoms with Crippen molar-refractivity contribution in [2.75, 3.05) is 13.2 Å². The summed E-state index contributed by atoms with van der Waals surface area (Å²) in [5.74, 6) is -0.836. The number of rotatable bonds is 6. The maximum Gasteiger partial charge on any atom is 0.332 e. The van der Waals surface area contributed by atoms with Crippen molar-refractivity contribution >= 4 is 27.5 Å². The number of halogens is 1. The summed E-state index contributed by atoms with van der Waals surface area (Å²) in [5.41, 5.74) is -0.491. The number of fused-ring (bicyclic) bond motifs is 1. The Hall–Kier alpha value is -2.78. The van der Waals surface area contributed by atoms with Gasteiger partial charge < -0.3 is 10.1 Å². The maximum absolute atomic E-state index is 14.1. The molecule has 1 atom stereocenters. The first kappa shape index (κ1) is 19.5. The van der Waals surface area contributed by atoms with Crippen molar-refractivity contribution in [3.63, 3.8) is 0 Å². The Bertz CT molecular complexity index is 1160. The number of benzene rings is 1. The standard InChI is InChI=1S/C20H20FN3O4S/c21-15-6-2-1-4-13(15)11-24-19(26)18-16(7-9-29-18)23(20(24)27)12-17(25)22-10-14-5-3-8-28-14/h1-2,4,6-7,9,14H,3,5,8,10-12H2,(H,22,25)/t14-/m0/s1. The number of ether oxygens (including phenoxy) is 1. The number of carbonyl (C=O) groups excluding carboxylic acids is 1. The molecule has 9 heteroatoms. The van der Waals surface area contributed by atoms with Gasteiger partial charge in [0.25, 0.3) is 5.56 Å². The molecule has 0 aliphatic carbocycles. The van der Waals surface area contributed by atoms with Crippen LogP contribution in [-0.4, -0.2) is 34.3 Å². The van der Waals surface area contributed by atoms with Gasteiger partial charge in [-0.3, -0.25) is 18.7 Å². The van der Waals surface area contributed by atoms with Gasteiger partial charge in [-0.15, -0.1) is 11.3 Å². The minimum Gasteiger partial charge on any atom is -0.376 e. The molecule has 2 aromatic heterocycles. The average molecular weight is 417 g/mol. The molecule has 1 amide bonds. The zero-order valence-electron chi connectivity index (χ0n) is 15.6. The second-order valence-corrected chi connectivity index (χ2v) is 7.84. The van der Waals surface area contributed by atoms with E-state index in [2.05, 4.69) is 5.32 Å². The molecule has 1 aliphatic heterocycles. The van der Waals surface area contributed by atoms with E-state index >= 15 is 0 Å². The molecule has 1 saturated heterocycles. The lowest BCUT2D eigenvalue weighted by Crippen LogP contribution is -2.43. The van der Waals surface area contributed by atoms with Crippen LogP contribution in [0.15, 0.2) is 45.3 Å². The molecule has 1 N–H and O–H groups in total. The lowest BCUT2D eigenvalue weighted by Gasteiger charge is -2.14. The van der Waals surface area contributed by atoms with Gasteiger partial charge in [0.2, 0.25) is 5.91 Å². The van der Waals surface area contributed by atoms with E-state index in [1.54, 1.807) is 23.6 Å². The van der Waals surface area contributed by atoms with Gasteiger partial charge in [0, 0.05) is 18.7 Å². The molecule has 0 saturated carbocycles. The summed E-state index contributed by atoms with van der Waals surface area (Å²) < 4.78 is 22.1. The van der Waals surface area contributed by atoms with Crippen LogP contribution < -0.4 is 16.6 Å². The first-order chi connectivity index (χ1) is 14.0. The molecule has 152 valence electrons. The normalized spacial score (nSPS) is 16.4. The summed E-state index contributed by atoms with van der Waals surface area (Å²) in [4.78, 5) is 38.2. The predicted octanol–water partition coefficient (Wildman–Crippen LogP) is 1.71. The van der Waals surface area contributed by atoms with Gasteiger partial charge in [0.05, 0.1) is 18.2 Å². The number of carbonyl (C=O) groups is 1. The van der Waals surface area contributed by atoms with Gasteiger partial charge in [0.15, 0.2) is 0 Å². The van der Waals surface area contributed by atoms with Gasteiger partial charge in [-0.25, -0.2) is 9.18 Å². The Kier molecular flexibility index (Phi) is 5.59. The lowest BCUT2D eigenvalue weighted by atomic mass is 10.2. The van der Waals surface area contributed by atoms with Crippen LogP contribution in [0.5, 0.6) is 0 Å². The SMILES string of the molecule is O=C(Cn1c(=O)n(Cc2ccccc2F)c(=O)c2sccc21)NC[C@@H]1CCCO1. The van der Waals surface area contributed by atoms with E-state index in [4.69, 9.17) is 4.74 Å². The third-order valence-corrected chi connectivity index (χ3v) is 5.87. The van der Waals surface area contributed by atoms with Crippen molar-refractivity contribution in [1.82, 2.24) is 14.5 Å². The minimum absolute atomic E-state index is 0.00755. The smallest absolute Gasteiger partial charge is 0.332 e. The number of nitrogens with zero attached hydrogens (tertiary/aromatic N) is 2. The van der Waals surface area contributed by atoms with Gasteiger partial charge >= 0.3 is 5.69 Å². The van der Waals surface area contributed by atoms with Crippen molar-refractivity contribution in [3.8, 4) is 0 Å². The molecule has 1 aromatic carbocycles. The van der Waals surface area contributed by atoms with E-state index in [9.17, 15) is 18.8 Å². The molecule has 0 unspecified atom stereocenters. The fourth-order valence-corrected chi connectivity index (χ4v) is 4.30. The van der Waals surface area contributed by atoms with Crippen molar-refractivity contribution < 1.29 is 13.9 Å². The number of amides is 1. The lowest BCUT2D eigenvalue weighted by molar-refractivity contribution is -0.122. The van der Waals surface area contributed by atoms with Crippen LogP contribution in [0.4, 0.5) is 4.39 Å². The quantitative estimate of drug-likeness (QED) is 0.662. The Labute approximate surface area is 169 Å². The van der Waals surface area contributed by atoms with Gasteiger partial charge in [-0.2, -0.15) is 0 Å². The fraction of sp³-hybridized carbons (Fsp3) is 0.350. The molecule has 3 heterocycles. The van der Waals surface area contributed by atoms with Crippen LogP contribution in [0.1, 0.15) is 18.4 Å². The van der Waals surface area contributed by atoms with Crippen LogP contribution in [0.2, 0.25) is 0 Å². The number of thiophene rings is 1. The fourth-order valence-electron chi connectivity index (χ4n) is 3.45. The van der Waals surface area contributed by atoms with Crippen molar-refractivity contribution in [3.05, 3.63) is 67.9 Å². The number of hydrogen-bond acceptors (Lipinski definition) is 5.